The number of aryl methyl sites for hydroxylation is 1. The predicted molar refractivity (Wildman–Crippen MR) is 285 cm³/mol. The molecule has 2 aliphatic heterocycles. The van der Waals surface area contributed by atoms with Crippen LogP contribution in [-0.4, -0.2) is 120 Å². The number of nitrogens with zero attached hydrogens (tertiary/aromatic N) is 6. The number of carbonyl (C=O) groups excluding carboxylic acids is 3. The summed E-state index contributed by atoms with van der Waals surface area (Å²) in [5.41, 5.74) is 9.18. The Morgan fingerprint density at radius 3 is 2.32 bits per heavy atom. The fourth-order valence-corrected chi connectivity index (χ4v) is 11.5. The SMILES string of the molecule is Cc1ncsc1-c1ccc(C(C)NC(=O)C2CC(O)CN2C(=O)C(NC(=O)CCCCCN2CCN(c3ccc(Nc4ncc5scc(-c6cccc(NS(C)(=O)=O)c6)c5n4)cc3)CC2)C(C)(C)C)cc1. The lowest BCUT2D eigenvalue weighted by Crippen LogP contribution is -2.57. The minimum absolute atomic E-state index is 0.0239. The van der Waals surface area contributed by atoms with Crippen LogP contribution in [0.5, 0.6) is 0 Å². The standard InChI is InChI=1S/C52H64N10O6S3/c1-33(35-14-16-36(17-15-35)47-34(2)54-32-70-47)55-49(65)43-28-41(63)30-62(43)50(66)48(52(3,4)5)57-45(64)13-8-7-9-22-60-23-25-61(26-24-60)40-20-18-38(19-21-40)56-51-53-29-44-46(58-51)42(31-69-44)37-11-10-12-39(27-37)59-71(6,67)68/h10-12,14-21,27,29,31-33,41,43,48,59,63H,7-9,13,22-26,28,30H2,1-6H3,(H,55,65)(H,57,64)(H,53,56,58). The van der Waals surface area contributed by atoms with Crippen molar-refractivity contribution in [1.82, 2.24) is 35.4 Å². The summed E-state index contributed by atoms with van der Waals surface area (Å²) in [4.78, 5) is 62.3. The van der Waals surface area contributed by atoms with Gasteiger partial charge in [-0.2, -0.15) is 0 Å². The van der Waals surface area contributed by atoms with Gasteiger partial charge in [-0.05, 0) is 91.7 Å². The van der Waals surface area contributed by atoms with Crippen LogP contribution in [0, 0.1) is 12.3 Å². The number of aliphatic hydroxyl groups is 1. The maximum atomic E-state index is 14.2. The molecule has 5 N–H and O–H groups in total. The highest BCUT2D eigenvalue weighted by atomic mass is 32.2. The second-order valence-corrected chi connectivity index (χ2v) is 23.2. The number of rotatable bonds is 18. The molecule has 5 heterocycles. The highest BCUT2D eigenvalue weighted by molar-refractivity contribution is 7.92. The van der Waals surface area contributed by atoms with Crippen molar-refractivity contribution in [3.63, 3.8) is 0 Å². The fourth-order valence-electron chi connectivity index (χ4n) is 9.22. The van der Waals surface area contributed by atoms with E-state index in [4.69, 9.17) is 4.98 Å². The van der Waals surface area contributed by atoms with Crippen LogP contribution < -0.4 is 25.6 Å². The van der Waals surface area contributed by atoms with E-state index in [-0.39, 0.29) is 36.7 Å². The van der Waals surface area contributed by atoms with Crippen LogP contribution in [-0.2, 0) is 24.4 Å². The number of unbranched alkanes of at least 4 members (excludes halogenated alkanes) is 2. The van der Waals surface area contributed by atoms with Gasteiger partial charge in [0.1, 0.15) is 12.1 Å². The van der Waals surface area contributed by atoms with Crippen molar-refractivity contribution in [3.8, 4) is 21.6 Å². The quantitative estimate of drug-likeness (QED) is 0.0521. The number of amides is 3. The van der Waals surface area contributed by atoms with Gasteiger partial charge < -0.3 is 30.9 Å². The number of sulfonamides is 1. The molecule has 376 valence electrons. The summed E-state index contributed by atoms with van der Waals surface area (Å²) in [6.07, 6.45) is 5.03. The van der Waals surface area contributed by atoms with E-state index in [0.29, 0.717) is 24.5 Å². The van der Waals surface area contributed by atoms with Crippen LogP contribution in [0.1, 0.15) is 77.1 Å². The molecular weight excluding hydrogens is 957 g/mol. The lowest BCUT2D eigenvalue weighted by atomic mass is 9.85. The summed E-state index contributed by atoms with van der Waals surface area (Å²) in [6, 6.07) is 21.5. The summed E-state index contributed by atoms with van der Waals surface area (Å²) >= 11 is 3.12. The van der Waals surface area contributed by atoms with Crippen LogP contribution in [0.15, 0.2) is 89.9 Å². The first kappa shape index (κ1) is 51.4. The third-order valence-corrected chi connectivity index (χ3v) is 15.6. The number of thiazole rings is 1. The van der Waals surface area contributed by atoms with E-state index in [1.54, 1.807) is 29.7 Å². The largest absolute Gasteiger partial charge is 0.391 e. The first-order chi connectivity index (χ1) is 33.9. The van der Waals surface area contributed by atoms with Crippen LogP contribution in [0.25, 0.3) is 31.8 Å². The topological polar surface area (TPSA) is 202 Å². The molecule has 2 saturated heterocycles. The molecule has 19 heteroatoms. The molecule has 0 radical (unpaired) electrons. The Labute approximate surface area is 424 Å². The van der Waals surface area contributed by atoms with Crippen molar-refractivity contribution >= 4 is 83.6 Å². The van der Waals surface area contributed by atoms with Crippen molar-refractivity contribution in [2.75, 3.05) is 60.5 Å². The van der Waals surface area contributed by atoms with E-state index in [1.165, 1.54) is 16.2 Å². The number of β-amino-alcohol motifs (C(OH)–C–C–N with tert-alkyl or cyclic N) is 1. The van der Waals surface area contributed by atoms with Gasteiger partial charge in [-0.15, -0.1) is 22.7 Å². The van der Waals surface area contributed by atoms with Crippen LogP contribution in [0.2, 0.25) is 0 Å². The maximum Gasteiger partial charge on any atom is 0.246 e. The molecule has 2 fully saturated rings. The summed E-state index contributed by atoms with van der Waals surface area (Å²) in [5, 5.41) is 22.1. The second-order valence-electron chi connectivity index (χ2n) is 19.7. The fraction of sp³-hybridized carbons (Fsp3) is 0.423. The van der Waals surface area contributed by atoms with Gasteiger partial charge in [0.05, 0.1) is 50.9 Å². The first-order valence-corrected chi connectivity index (χ1v) is 27.8. The molecule has 3 aromatic carbocycles. The molecule has 8 rings (SSSR count). The number of piperazine rings is 1. The number of hydrogen-bond donors (Lipinski definition) is 5. The highest BCUT2D eigenvalue weighted by Crippen LogP contribution is 2.35. The number of hydrogen-bond acceptors (Lipinski definition) is 14. The Balaban J connectivity index is 0.757. The minimum Gasteiger partial charge on any atom is -0.391 e. The molecular formula is C52H64N10O6S3. The number of fused-ring (bicyclic) bond motifs is 1. The Morgan fingerprint density at radius 1 is 0.887 bits per heavy atom. The zero-order valence-corrected chi connectivity index (χ0v) is 43.6. The van der Waals surface area contributed by atoms with Crippen molar-refractivity contribution < 1.29 is 27.9 Å². The predicted octanol–water partition coefficient (Wildman–Crippen LogP) is 7.96. The van der Waals surface area contributed by atoms with Gasteiger partial charge in [0.2, 0.25) is 33.7 Å². The summed E-state index contributed by atoms with van der Waals surface area (Å²) < 4.78 is 27.1. The average molecular weight is 1020 g/mol. The van der Waals surface area contributed by atoms with Gasteiger partial charge in [0, 0.05) is 73.6 Å². The van der Waals surface area contributed by atoms with E-state index >= 15 is 0 Å². The molecule has 71 heavy (non-hydrogen) atoms. The molecule has 16 nitrogen and oxygen atoms in total. The molecule has 2 aliphatic rings. The summed E-state index contributed by atoms with van der Waals surface area (Å²) in [7, 11) is -3.41. The Morgan fingerprint density at radius 2 is 1.63 bits per heavy atom. The number of benzene rings is 3. The lowest BCUT2D eigenvalue weighted by molar-refractivity contribution is -0.144. The molecule has 0 spiro atoms. The zero-order valence-electron chi connectivity index (χ0n) is 41.1. The lowest BCUT2D eigenvalue weighted by Gasteiger charge is -2.36. The summed E-state index contributed by atoms with van der Waals surface area (Å²) in [6.45, 7) is 14.2. The number of likely N-dealkylation sites (tertiary alicyclic amines) is 1. The molecule has 0 bridgehead atoms. The van der Waals surface area contributed by atoms with Gasteiger partial charge in [0.25, 0.3) is 0 Å². The molecule has 4 unspecified atom stereocenters. The Bertz CT molecular complexity index is 2930. The Kier molecular flexibility index (Phi) is 16.1. The van der Waals surface area contributed by atoms with E-state index in [9.17, 15) is 27.9 Å². The summed E-state index contributed by atoms with van der Waals surface area (Å²) in [5.74, 6) is -0.432. The third kappa shape index (κ3) is 13.1. The molecule has 4 atom stereocenters. The van der Waals surface area contributed by atoms with Gasteiger partial charge in [-0.25, -0.2) is 23.4 Å². The van der Waals surface area contributed by atoms with E-state index < -0.39 is 33.6 Å². The number of carbonyl (C=O) groups is 3. The molecule has 0 saturated carbocycles. The van der Waals surface area contributed by atoms with Crippen molar-refractivity contribution in [2.45, 2.75) is 91.0 Å². The number of aliphatic hydroxyl groups excluding tert-OH is 1. The molecule has 3 aromatic heterocycles. The van der Waals surface area contributed by atoms with Gasteiger partial charge in [-0.3, -0.25) is 24.0 Å². The number of anilines is 4. The maximum absolute atomic E-state index is 14.2. The van der Waals surface area contributed by atoms with E-state index in [0.717, 1.165) is 106 Å². The smallest absolute Gasteiger partial charge is 0.246 e. The zero-order chi connectivity index (χ0) is 50.5. The van der Waals surface area contributed by atoms with Gasteiger partial charge in [0.15, 0.2) is 0 Å². The van der Waals surface area contributed by atoms with Gasteiger partial charge in [-0.1, -0.05) is 63.6 Å². The van der Waals surface area contributed by atoms with Crippen molar-refractivity contribution in [2.24, 2.45) is 5.41 Å². The second kappa shape index (κ2) is 22.2. The molecule has 0 aliphatic carbocycles. The van der Waals surface area contributed by atoms with Crippen LogP contribution >= 0.6 is 22.7 Å². The number of nitrogens with one attached hydrogen (secondary N) is 4. The number of aromatic nitrogens is 3. The molecule has 3 amide bonds. The average Bonchev–Trinajstić information content (AvgIpc) is 4.08. The first-order valence-electron chi connectivity index (χ1n) is 24.1. The van der Waals surface area contributed by atoms with E-state index in [1.807, 2.05) is 94.0 Å². The normalized spacial score (nSPS) is 17.5. The van der Waals surface area contributed by atoms with E-state index in [2.05, 4.69) is 52.6 Å². The number of thiophene rings is 1. The third-order valence-electron chi connectivity index (χ3n) is 13.1. The van der Waals surface area contributed by atoms with Crippen molar-refractivity contribution in [3.05, 3.63) is 101 Å². The molecule has 6 aromatic rings. The van der Waals surface area contributed by atoms with Crippen molar-refractivity contribution in [1.29, 1.82) is 0 Å². The monoisotopic (exact) mass is 1020 g/mol. The van der Waals surface area contributed by atoms with Crippen LogP contribution in [0.4, 0.5) is 23.0 Å². The Hall–Kier alpha value is -5.99. The minimum atomic E-state index is -3.41. The van der Waals surface area contributed by atoms with Crippen LogP contribution in [0.3, 0.4) is 0 Å². The van der Waals surface area contributed by atoms with Gasteiger partial charge >= 0.3 is 0 Å². The highest BCUT2D eigenvalue weighted by Gasteiger charge is 2.44.